The van der Waals surface area contributed by atoms with Gasteiger partial charge in [-0.1, -0.05) is 6.92 Å². The molecule has 100 valence electrons. The monoisotopic (exact) mass is 268 g/mol. The van der Waals surface area contributed by atoms with E-state index in [4.69, 9.17) is 4.74 Å². The minimum Gasteiger partial charge on any atom is -0.462 e. The molecule has 1 aromatic rings. The molecule has 0 aliphatic heterocycles. The van der Waals surface area contributed by atoms with Crippen molar-refractivity contribution < 1.29 is 9.53 Å². The van der Waals surface area contributed by atoms with Crippen molar-refractivity contribution in [1.29, 1.82) is 0 Å². The quantitative estimate of drug-likeness (QED) is 0.771. The fourth-order valence-corrected chi connectivity index (χ4v) is 1.78. The highest BCUT2D eigenvalue weighted by molar-refractivity contribution is 7.99. The summed E-state index contributed by atoms with van der Waals surface area (Å²) < 4.78 is 4.99. The molecule has 0 bridgehead atoms. The molecule has 0 fully saturated rings. The highest BCUT2D eigenvalue weighted by Crippen LogP contribution is 2.14. The van der Waals surface area contributed by atoms with Crippen molar-refractivity contribution in [1.82, 2.24) is 4.98 Å². The van der Waals surface area contributed by atoms with Crippen molar-refractivity contribution in [2.24, 2.45) is 0 Å². The summed E-state index contributed by atoms with van der Waals surface area (Å²) in [4.78, 5) is 15.9. The zero-order valence-electron chi connectivity index (χ0n) is 11.1. The lowest BCUT2D eigenvalue weighted by Gasteiger charge is -2.12. The second kappa shape index (κ2) is 7.97. The van der Waals surface area contributed by atoms with Gasteiger partial charge in [0, 0.05) is 18.0 Å². The van der Waals surface area contributed by atoms with Crippen molar-refractivity contribution in [3.63, 3.8) is 0 Å². The van der Waals surface area contributed by atoms with Gasteiger partial charge in [-0.15, -0.1) is 0 Å². The average Bonchev–Trinajstić information content (AvgIpc) is 2.39. The van der Waals surface area contributed by atoms with E-state index in [-0.39, 0.29) is 5.97 Å². The van der Waals surface area contributed by atoms with Crippen LogP contribution in [0.3, 0.4) is 0 Å². The molecule has 18 heavy (non-hydrogen) atoms. The molecule has 0 saturated heterocycles. The van der Waals surface area contributed by atoms with E-state index in [1.165, 1.54) is 0 Å². The smallest absolute Gasteiger partial charge is 0.341 e. The van der Waals surface area contributed by atoms with E-state index in [9.17, 15) is 4.79 Å². The first-order chi connectivity index (χ1) is 8.69. The van der Waals surface area contributed by atoms with Gasteiger partial charge in [0.25, 0.3) is 0 Å². The molecule has 0 spiro atoms. The van der Waals surface area contributed by atoms with Crippen LogP contribution in [-0.2, 0) is 4.74 Å². The number of ether oxygens (including phenoxy) is 1. The first-order valence-electron chi connectivity index (χ1n) is 6.07. The fourth-order valence-electron chi connectivity index (χ4n) is 1.43. The average molecular weight is 268 g/mol. The van der Waals surface area contributed by atoms with Gasteiger partial charge in [-0.05, 0) is 31.7 Å². The number of nitrogens with one attached hydrogen (secondary N) is 1. The lowest BCUT2D eigenvalue weighted by molar-refractivity contribution is 0.0527. The van der Waals surface area contributed by atoms with Gasteiger partial charge in [0.1, 0.15) is 11.4 Å². The Kier molecular flexibility index (Phi) is 6.57. The van der Waals surface area contributed by atoms with Gasteiger partial charge in [0.05, 0.1) is 6.61 Å². The van der Waals surface area contributed by atoms with Crippen LogP contribution in [0.1, 0.15) is 30.6 Å². The number of carbonyl (C=O) groups is 1. The Morgan fingerprint density at radius 2 is 2.39 bits per heavy atom. The number of pyridine rings is 1. The van der Waals surface area contributed by atoms with Gasteiger partial charge in [0.15, 0.2) is 0 Å². The van der Waals surface area contributed by atoms with Crippen molar-refractivity contribution in [3.05, 3.63) is 23.9 Å². The van der Waals surface area contributed by atoms with Crippen LogP contribution in [0.5, 0.6) is 0 Å². The normalized spacial score (nSPS) is 11.9. The molecule has 0 aromatic carbocycles. The third-order valence-corrected chi connectivity index (χ3v) is 3.59. The summed E-state index contributed by atoms with van der Waals surface area (Å²) in [6.45, 7) is 5.14. The Morgan fingerprint density at radius 3 is 3.06 bits per heavy atom. The SMILES string of the molecule is CCOC(=O)c1cccnc1NCCC(C)SC. The van der Waals surface area contributed by atoms with E-state index < -0.39 is 0 Å². The van der Waals surface area contributed by atoms with Crippen molar-refractivity contribution >= 4 is 23.5 Å². The number of hydrogen-bond acceptors (Lipinski definition) is 5. The van der Waals surface area contributed by atoms with Crippen LogP contribution in [0.15, 0.2) is 18.3 Å². The highest BCUT2D eigenvalue weighted by Gasteiger charge is 2.12. The minimum absolute atomic E-state index is 0.328. The Morgan fingerprint density at radius 1 is 1.61 bits per heavy atom. The maximum atomic E-state index is 11.7. The zero-order valence-corrected chi connectivity index (χ0v) is 11.9. The molecule has 0 amide bonds. The topological polar surface area (TPSA) is 51.2 Å². The molecule has 1 N–H and O–H groups in total. The second-order valence-electron chi connectivity index (χ2n) is 3.88. The van der Waals surface area contributed by atoms with Crippen LogP contribution in [0, 0.1) is 0 Å². The molecule has 1 unspecified atom stereocenters. The Hall–Kier alpha value is -1.23. The lowest BCUT2D eigenvalue weighted by Crippen LogP contribution is -2.13. The molecule has 0 saturated carbocycles. The zero-order chi connectivity index (χ0) is 13.4. The second-order valence-corrected chi connectivity index (χ2v) is 5.16. The summed E-state index contributed by atoms with van der Waals surface area (Å²) >= 11 is 1.83. The van der Waals surface area contributed by atoms with E-state index in [0.717, 1.165) is 13.0 Å². The van der Waals surface area contributed by atoms with Crippen LogP contribution in [0.25, 0.3) is 0 Å². The van der Waals surface area contributed by atoms with Gasteiger partial charge in [-0.3, -0.25) is 0 Å². The number of anilines is 1. The van der Waals surface area contributed by atoms with Crippen LogP contribution in [0.2, 0.25) is 0 Å². The number of thioether (sulfide) groups is 1. The van der Waals surface area contributed by atoms with E-state index in [2.05, 4.69) is 23.5 Å². The Balaban J connectivity index is 2.62. The molecular weight excluding hydrogens is 248 g/mol. The summed E-state index contributed by atoms with van der Waals surface area (Å²) in [5.41, 5.74) is 0.496. The molecule has 0 aliphatic rings. The summed E-state index contributed by atoms with van der Waals surface area (Å²) in [5.74, 6) is 0.273. The Bertz CT molecular complexity index is 385. The number of esters is 1. The van der Waals surface area contributed by atoms with Crippen LogP contribution in [0.4, 0.5) is 5.82 Å². The first-order valence-corrected chi connectivity index (χ1v) is 7.36. The lowest BCUT2D eigenvalue weighted by atomic mass is 10.2. The van der Waals surface area contributed by atoms with E-state index in [1.807, 2.05) is 11.8 Å². The van der Waals surface area contributed by atoms with Crippen LogP contribution < -0.4 is 5.32 Å². The third-order valence-electron chi connectivity index (χ3n) is 2.55. The number of rotatable bonds is 7. The fraction of sp³-hybridized carbons (Fsp3) is 0.538. The van der Waals surface area contributed by atoms with Gasteiger partial charge in [-0.25, -0.2) is 9.78 Å². The number of hydrogen-bond donors (Lipinski definition) is 1. The summed E-state index contributed by atoms with van der Waals surface area (Å²) in [5, 5.41) is 3.78. The standard InChI is InChI=1S/C13H20N2O2S/c1-4-17-13(16)11-6-5-8-14-12(11)15-9-7-10(2)18-3/h5-6,8,10H,4,7,9H2,1-3H3,(H,14,15). The maximum absolute atomic E-state index is 11.7. The van der Waals surface area contributed by atoms with Gasteiger partial charge < -0.3 is 10.1 Å². The van der Waals surface area contributed by atoms with Crippen molar-refractivity contribution in [2.75, 3.05) is 24.7 Å². The van der Waals surface area contributed by atoms with Gasteiger partial charge in [0.2, 0.25) is 0 Å². The molecular formula is C13H20N2O2S. The molecule has 1 heterocycles. The highest BCUT2D eigenvalue weighted by atomic mass is 32.2. The summed E-state index contributed by atoms with van der Waals surface area (Å²) in [6.07, 6.45) is 4.79. The molecule has 5 heteroatoms. The Labute approximate surface area is 113 Å². The molecule has 1 rings (SSSR count). The van der Waals surface area contributed by atoms with E-state index in [1.54, 1.807) is 25.3 Å². The van der Waals surface area contributed by atoms with Gasteiger partial charge >= 0.3 is 5.97 Å². The third kappa shape index (κ3) is 4.56. The predicted octanol–water partition coefficient (Wildman–Crippen LogP) is 2.81. The molecule has 1 aromatic heterocycles. The van der Waals surface area contributed by atoms with E-state index in [0.29, 0.717) is 23.2 Å². The minimum atomic E-state index is -0.328. The largest absolute Gasteiger partial charge is 0.462 e. The number of carbonyl (C=O) groups excluding carboxylic acids is 1. The molecule has 0 aliphatic carbocycles. The first kappa shape index (κ1) is 14.8. The number of nitrogens with zero attached hydrogens (tertiary/aromatic N) is 1. The van der Waals surface area contributed by atoms with Crippen LogP contribution in [-0.4, -0.2) is 35.6 Å². The maximum Gasteiger partial charge on any atom is 0.341 e. The van der Waals surface area contributed by atoms with Crippen molar-refractivity contribution in [3.8, 4) is 0 Å². The summed E-state index contributed by atoms with van der Waals surface area (Å²) in [6, 6.07) is 3.47. The predicted molar refractivity (Wildman–Crippen MR) is 76.3 cm³/mol. The van der Waals surface area contributed by atoms with Crippen molar-refractivity contribution in [2.45, 2.75) is 25.5 Å². The van der Waals surface area contributed by atoms with E-state index >= 15 is 0 Å². The number of aromatic nitrogens is 1. The van der Waals surface area contributed by atoms with Gasteiger partial charge in [-0.2, -0.15) is 11.8 Å². The molecule has 1 atom stereocenters. The molecule has 0 radical (unpaired) electrons. The molecule has 4 nitrogen and oxygen atoms in total. The summed E-state index contributed by atoms with van der Waals surface area (Å²) in [7, 11) is 0. The van der Waals surface area contributed by atoms with Crippen LogP contribution >= 0.6 is 11.8 Å².